The molecule has 0 saturated heterocycles. The minimum Gasteiger partial charge on any atom is -0.439 e. The van der Waals surface area contributed by atoms with E-state index in [1.807, 2.05) is 13.0 Å². The van der Waals surface area contributed by atoms with Gasteiger partial charge in [0.1, 0.15) is 5.75 Å². The van der Waals surface area contributed by atoms with Gasteiger partial charge in [0.25, 0.3) is 5.91 Å². The molecule has 2 rings (SSSR count). The van der Waals surface area contributed by atoms with Crippen LogP contribution in [0.3, 0.4) is 0 Å². The minimum absolute atomic E-state index is 0.123. The van der Waals surface area contributed by atoms with Crippen molar-refractivity contribution in [3.63, 3.8) is 0 Å². The monoisotopic (exact) mass is 436 g/mol. The highest BCUT2D eigenvalue weighted by Crippen LogP contribution is 2.30. The first-order valence-electron chi connectivity index (χ1n) is 8.20. The van der Waals surface area contributed by atoms with Gasteiger partial charge in [0.15, 0.2) is 0 Å². The maximum Gasteiger partial charge on any atom is 0.263 e. The molecule has 0 spiro atoms. The Bertz CT molecular complexity index is 968. The van der Waals surface area contributed by atoms with Crippen molar-refractivity contribution in [1.82, 2.24) is 0 Å². The molecule has 0 radical (unpaired) electrons. The van der Waals surface area contributed by atoms with Gasteiger partial charge < -0.3 is 15.4 Å². The molecule has 4 nitrogen and oxygen atoms in total. The molecule has 0 aliphatic rings. The maximum atomic E-state index is 13.1. The minimum atomic E-state index is -0.390. The second kappa shape index (κ2) is 9.69. The number of hydrogen-bond donors (Lipinski definition) is 1. The summed E-state index contributed by atoms with van der Waals surface area (Å²) < 4.78 is 5.63. The second-order valence-electron chi connectivity index (χ2n) is 5.84. The van der Waals surface area contributed by atoms with Gasteiger partial charge in [-0.3, -0.25) is 4.79 Å². The van der Waals surface area contributed by atoms with Gasteiger partial charge in [0.05, 0.1) is 10.6 Å². The van der Waals surface area contributed by atoms with E-state index >= 15 is 0 Å². The number of amides is 1. The second-order valence-corrected chi connectivity index (χ2v) is 7.12. The van der Waals surface area contributed by atoms with E-state index in [2.05, 4.69) is 6.58 Å². The van der Waals surface area contributed by atoms with Gasteiger partial charge in [-0.25, -0.2) is 0 Å². The zero-order valence-electron chi connectivity index (χ0n) is 15.4. The van der Waals surface area contributed by atoms with Crippen LogP contribution in [0.1, 0.15) is 5.56 Å². The molecule has 146 valence electrons. The Kier molecular flexibility index (Phi) is 7.58. The number of halogens is 3. The fourth-order valence-electron chi connectivity index (χ4n) is 2.39. The molecule has 0 bridgehead atoms. The van der Waals surface area contributed by atoms with Crippen molar-refractivity contribution in [1.29, 1.82) is 0 Å². The molecule has 2 aromatic rings. The van der Waals surface area contributed by atoms with Gasteiger partial charge >= 0.3 is 0 Å². The molecule has 28 heavy (non-hydrogen) atoms. The quantitative estimate of drug-likeness (QED) is 0.347. The number of allylic oxidation sites excluding steroid dienone is 2. The van der Waals surface area contributed by atoms with Crippen LogP contribution in [0, 0.1) is 6.92 Å². The van der Waals surface area contributed by atoms with Crippen molar-refractivity contribution in [3.8, 4) is 5.75 Å². The first kappa shape index (κ1) is 21.9. The number of nitrogens with two attached hydrogens (primary N) is 1. The Morgan fingerprint density at radius 1 is 1.14 bits per heavy atom. The highest BCUT2D eigenvalue weighted by Gasteiger charge is 2.21. The normalized spacial score (nSPS) is 11.9. The van der Waals surface area contributed by atoms with E-state index in [4.69, 9.17) is 45.3 Å². The highest BCUT2D eigenvalue weighted by atomic mass is 35.5. The van der Waals surface area contributed by atoms with E-state index in [0.29, 0.717) is 20.8 Å². The maximum absolute atomic E-state index is 13.1. The lowest BCUT2D eigenvalue weighted by Gasteiger charge is -2.21. The van der Waals surface area contributed by atoms with Crippen LogP contribution in [-0.2, 0) is 4.79 Å². The molecule has 0 aliphatic carbocycles. The number of rotatable bonds is 6. The topological polar surface area (TPSA) is 55.6 Å². The summed E-state index contributed by atoms with van der Waals surface area (Å²) >= 11 is 18.2. The van der Waals surface area contributed by atoms with Crippen LogP contribution in [0.15, 0.2) is 72.7 Å². The predicted octanol–water partition coefficient (Wildman–Crippen LogP) is 5.91. The van der Waals surface area contributed by atoms with Crippen LogP contribution in [0.25, 0.3) is 0 Å². The van der Waals surface area contributed by atoms with E-state index in [0.717, 1.165) is 5.56 Å². The van der Waals surface area contributed by atoms with Crippen molar-refractivity contribution in [3.05, 3.63) is 93.3 Å². The number of carbonyl (C=O) groups is 1. The summed E-state index contributed by atoms with van der Waals surface area (Å²) in [5.41, 5.74) is 7.74. The van der Waals surface area contributed by atoms with Crippen LogP contribution in [-0.4, -0.2) is 13.0 Å². The molecular weight excluding hydrogens is 419 g/mol. The summed E-state index contributed by atoms with van der Waals surface area (Å²) in [7, 11) is 1.63. The zero-order chi connectivity index (χ0) is 20.8. The summed E-state index contributed by atoms with van der Waals surface area (Å²) in [4.78, 5) is 14.6. The lowest BCUT2D eigenvalue weighted by molar-refractivity contribution is -0.114. The molecule has 0 aliphatic heterocycles. The third kappa shape index (κ3) is 5.32. The van der Waals surface area contributed by atoms with E-state index < -0.39 is 0 Å². The van der Waals surface area contributed by atoms with Crippen LogP contribution in [0.2, 0.25) is 15.1 Å². The largest absolute Gasteiger partial charge is 0.439 e. The predicted molar refractivity (Wildman–Crippen MR) is 117 cm³/mol. The lowest BCUT2D eigenvalue weighted by Crippen LogP contribution is -2.30. The number of carbonyl (C=O) groups excluding carboxylic acids is 1. The number of benzene rings is 2. The third-order valence-electron chi connectivity index (χ3n) is 3.85. The number of nitrogens with zero attached hydrogens (tertiary/aromatic N) is 1. The number of anilines is 1. The van der Waals surface area contributed by atoms with Crippen LogP contribution >= 0.6 is 34.8 Å². The molecule has 0 heterocycles. The SMILES string of the molecule is C=C/C=C\C(C(=O)N(C)c1cc(Cl)ccc1C)=C(/N)Oc1cc(Cl)ccc1Cl. The average Bonchev–Trinajstić information content (AvgIpc) is 2.66. The van der Waals surface area contributed by atoms with E-state index in [1.165, 1.54) is 23.1 Å². The smallest absolute Gasteiger partial charge is 0.263 e. The molecule has 7 heteroatoms. The first-order chi connectivity index (χ1) is 13.2. The molecule has 0 unspecified atom stereocenters. The Morgan fingerprint density at radius 3 is 2.46 bits per heavy atom. The molecule has 0 fully saturated rings. The number of likely N-dealkylation sites (N-methyl/N-ethyl adjacent to an activating group) is 1. The number of ether oxygens (including phenoxy) is 1. The summed E-state index contributed by atoms with van der Waals surface area (Å²) in [5.74, 6) is -0.275. The fourth-order valence-corrected chi connectivity index (χ4v) is 2.87. The van der Waals surface area contributed by atoms with E-state index in [-0.39, 0.29) is 23.1 Å². The average molecular weight is 438 g/mol. The molecule has 2 aromatic carbocycles. The summed E-state index contributed by atoms with van der Waals surface area (Å²) in [6.07, 6.45) is 4.62. The third-order valence-corrected chi connectivity index (χ3v) is 4.63. The van der Waals surface area contributed by atoms with Gasteiger partial charge in [-0.2, -0.15) is 0 Å². The van der Waals surface area contributed by atoms with Crippen molar-refractivity contribution >= 4 is 46.4 Å². The molecular formula is C21H19Cl3N2O2. The van der Waals surface area contributed by atoms with Gasteiger partial charge in [0.2, 0.25) is 5.88 Å². The fraction of sp³-hybridized carbons (Fsp3) is 0.0952. The standard InChI is InChI=1S/C21H19Cl3N2O2/c1-4-5-6-16(20(25)28-19-12-15(23)9-10-17(19)24)21(27)26(3)18-11-14(22)8-7-13(18)2/h4-12H,1,25H2,2-3H3/b6-5-,20-16-. The molecule has 0 aromatic heterocycles. The van der Waals surface area contributed by atoms with Crippen molar-refractivity contribution in [2.24, 2.45) is 5.73 Å². The first-order valence-corrected chi connectivity index (χ1v) is 9.34. The Balaban J connectivity index is 2.46. The van der Waals surface area contributed by atoms with E-state index in [1.54, 1.807) is 37.4 Å². The van der Waals surface area contributed by atoms with Crippen molar-refractivity contribution in [2.75, 3.05) is 11.9 Å². The number of hydrogen-bond acceptors (Lipinski definition) is 3. The van der Waals surface area contributed by atoms with Gasteiger partial charge in [0, 0.05) is 28.8 Å². The van der Waals surface area contributed by atoms with Gasteiger partial charge in [-0.15, -0.1) is 0 Å². The molecule has 2 N–H and O–H groups in total. The number of aryl methyl sites for hydroxylation is 1. The Hall–Kier alpha value is -2.40. The Labute approximate surface area is 179 Å². The molecule has 0 saturated carbocycles. The van der Waals surface area contributed by atoms with Crippen molar-refractivity contribution in [2.45, 2.75) is 6.92 Å². The van der Waals surface area contributed by atoms with Crippen molar-refractivity contribution < 1.29 is 9.53 Å². The summed E-state index contributed by atoms with van der Waals surface area (Å²) in [6, 6.07) is 10.0. The highest BCUT2D eigenvalue weighted by molar-refractivity contribution is 6.34. The summed E-state index contributed by atoms with van der Waals surface area (Å²) in [5, 5.41) is 1.25. The Morgan fingerprint density at radius 2 is 1.79 bits per heavy atom. The van der Waals surface area contributed by atoms with Crippen LogP contribution in [0.4, 0.5) is 5.69 Å². The molecule has 0 atom stereocenters. The molecule has 1 amide bonds. The van der Waals surface area contributed by atoms with E-state index in [9.17, 15) is 4.79 Å². The van der Waals surface area contributed by atoms with Crippen LogP contribution in [0.5, 0.6) is 5.75 Å². The van der Waals surface area contributed by atoms with Gasteiger partial charge in [-0.05, 0) is 42.8 Å². The van der Waals surface area contributed by atoms with Gasteiger partial charge in [-0.1, -0.05) is 59.6 Å². The lowest BCUT2D eigenvalue weighted by atomic mass is 10.1. The summed E-state index contributed by atoms with van der Waals surface area (Å²) in [6.45, 7) is 5.50. The zero-order valence-corrected chi connectivity index (χ0v) is 17.6. The van der Waals surface area contributed by atoms with Crippen LogP contribution < -0.4 is 15.4 Å².